The number of benzene rings is 1. The summed E-state index contributed by atoms with van der Waals surface area (Å²) in [6.07, 6.45) is 4.74. The number of rotatable bonds is 4. The number of aliphatic hydroxyl groups is 1. The summed E-state index contributed by atoms with van der Waals surface area (Å²) in [6, 6.07) is 10.8. The minimum Gasteiger partial charge on any atom is -0.388 e. The van der Waals surface area contributed by atoms with Gasteiger partial charge in [0.2, 0.25) is 0 Å². The van der Waals surface area contributed by atoms with E-state index in [1.807, 2.05) is 6.92 Å². The molecule has 138 valence electrons. The maximum atomic E-state index is 12.4. The van der Waals surface area contributed by atoms with Gasteiger partial charge < -0.3 is 20.2 Å². The quantitative estimate of drug-likeness (QED) is 0.880. The first-order valence-corrected chi connectivity index (χ1v) is 9.56. The fourth-order valence-corrected chi connectivity index (χ4v) is 3.89. The number of nitrogens with zero attached hydrogens (tertiary/aromatic N) is 2. The molecule has 2 saturated heterocycles. The molecule has 1 aromatic rings. The number of nitrogens with one attached hydrogen (secondary N) is 1. The van der Waals surface area contributed by atoms with Crippen LogP contribution in [0, 0.1) is 0 Å². The molecule has 2 amide bonds. The Hall–Kier alpha value is -1.59. The van der Waals surface area contributed by atoms with E-state index in [2.05, 4.69) is 40.5 Å². The Morgan fingerprint density at radius 3 is 2.64 bits per heavy atom. The fraction of sp³-hybridized carbons (Fsp3) is 0.650. The molecule has 25 heavy (non-hydrogen) atoms. The normalized spacial score (nSPS) is 25.8. The third-order valence-corrected chi connectivity index (χ3v) is 5.44. The summed E-state index contributed by atoms with van der Waals surface area (Å²) < 4.78 is 0. The molecular formula is C20H31N3O2. The van der Waals surface area contributed by atoms with Gasteiger partial charge in [0.1, 0.15) is 0 Å². The SMILES string of the molecule is CC1(O)CCCN(C(=O)NC2CCN(CCc3ccccc3)CC2)C1. The van der Waals surface area contributed by atoms with Crippen molar-refractivity contribution in [3.05, 3.63) is 35.9 Å². The van der Waals surface area contributed by atoms with Crippen LogP contribution >= 0.6 is 0 Å². The van der Waals surface area contributed by atoms with Gasteiger partial charge in [0.25, 0.3) is 0 Å². The van der Waals surface area contributed by atoms with Gasteiger partial charge in [0.15, 0.2) is 0 Å². The van der Waals surface area contributed by atoms with Crippen LogP contribution in [0.15, 0.2) is 30.3 Å². The molecule has 0 spiro atoms. The Bertz CT molecular complexity index is 553. The van der Waals surface area contributed by atoms with Gasteiger partial charge in [-0.3, -0.25) is 0 Å². The minimum atomic E-state index is -0.740. The molecular weight excluding hydrogens is 314 g/mol. The molecule has 2 aliphatic rings. The van der Waals surface area contributed by atoms with Crippen molar-refractivity contribution in [3.8, 4) is 0 Å². The number of amides is 2. The molecule has 0 bridgehead atoms. The molecule has 0 aromatic heterocycles. The third-order valence-electron chi connectivity index (χ3n) is 5.44. The number of hydrogen-bond donors (Lipinski definition) is 2. The van der Waals surface area contributed by atoms with Crippen molar-refractivity contribution >= 4 is 6.03 Å². The maximum absolute atomic E-state index is 12.4. The van der Waals surface area contributed by atoms with Crippen molar-refractivity contribution in [2.24, 2.45) is 0 Å². The summed E-state index contributed by atoms with van der Waals surface area (Å²) >= 11 is 0. The molecule has 2 aliphatic heterocycles. The molecule has 0 radical (unpaired) electrons. The van der Waals surface area contributed by atoms with Crippen LogP contribution in [-0.4, -0.2) is 65.3 Å². The lowest BCUT2D eigenvalue weighted by atomic mass is 9.95. The van der Waals surface area contributed by atoms with E-state index in [0.29, 0.717) is 6.54 Å². The van der Waals surface area contributed by atoms with E-state index in [1.165, 1.54) is 5.56 Å². The topological polar surface area (TPSA) is 55.8 Å². The second-order valence-corrected chi connectivity index (χ2v) is 7.82. The number of carbonyl (C=O) groups is 1. The van der Waals surface area contributed by atoms with Crippen LogP contribution in [0.25, 0.3) is 0 Å². The highest BCUT2D eigenvalue weighted by Gasteiger charge is 2.32. The first-order chi connectivity index (χ1) is 12.0. The van der Waals surface area contributed by atoms with Crippen LogP contribution in [0.5, 0.6) is 0 Å². The zero-order chi connectivity index (χ0) is 17.7. The van der Waals surface area contributed by atoms with Crippen LogP contribution in [0.1, 0.15) is 38.2 Å². The number of hydrogen-bond acceptors (Lipinski definition) is 3. The van der Waals surface area contributed by atoms with Crippen molar-refractivity contribution < 1.29 is 9.90 Å². The van der Waals surface area contributed by atoms with Crippen LogP contribution in [-0.2, 0) is 6.42 Å². The first kappa shape index (κ1) is 18.2. The third kappa shape index (κ3) is 5.44. The van der Waals surface area contributed by atoms with E-state index >= 15 is 0 Å². The highest BCUT2D eigenvalue weighted by molar-refractivity contribution is 5.74. The lowest BCUT2D eigenvalue weighted by Crippen LogP contribution is -2.55. The van der Waals surface area contributed by atoms with Gasteiger partial charge in [-0.05, 0) is 44.6 Å². The lowest BCUT2D eigenvalue weighted by Gasteiger charge is -2.38. The van der Waals surface area contributed by atoms with Crippen molar-refractivity contribution in [1.29, 1.82) is 0 Å². The number of urea groups is 1. The predicted octanol–water partition coefficient (Wildman–Crippen LogP) is 2.25. The molecule has 1 unspecified atom stereocenters. The highest BCUT2D eigenvalue weighted by Crippen LogP contribution is 2.20. The Labute approximate surface area is 151 Å². The summed E-state index contributed by atoms with van der Waals surface area (Å²) in [6.45, 7) is 6.16. The van der Waals surface area contributed by atoms with E-state index in [-0.39, 0.29) is 12.1 Å². The van der Waals surface area contributed by atoms with Gasteiger partial charge in [-0.2, -0.15) is 0 Å². The molecule has 5 nitrogen and oxygen atoms in total. The lowest BCUT2D eigenvalue weighted by molar-refractivity contribution is -0.00313. The Kier molecular flexibility index (Phi) is 5.97. The van der Waals surface area contributed by atoms with Crippen molar-refractivity contribution in [2.45, 2.75) is 50.7 Å². The number of likely N-dealkylation sites (tertiary alicyclic amines) is 2. The summed E-state index contributed by atoms with van der Waals surface area (Å²) in [5, 5.41) is 13.3. The zero-order valence-corrected chi connectivity index (χ0v) is 15.3. The van der Waals surface area contributed by atoms with E-state index in [1.54, 1.807) is 4.90 Å². The number of piperidine rings is 2. The molecule has 1 atom stereocenters. The van der Waals surface area contributed by atoms with Crippen molar-refractivity contribution in [3.63, 3.8) is 0 Å². The van der Waals surface area contributed by atoms with E-state index in [9.17, 15) is 9.90 Å². The molecule has 5 heteroatoms. The summed E-state index contributed by atoms with van der Waals surface area (Å²) in [4.78, 5) is 16.7. The minimum absolute atomic E-state index is 0.0114. The van der Waals surface area contributed by atoms with Crippen LogP contribution in [0.2, 0.25) is 0 Å². The molecule has 1 aromatic carbocycles. The van der Waals surface area contributed by atoms with E-state index < -0.39 is 5.60 Å². The van der Waals surface area contributed by atoms with Gasteiger partial charge in [-0.1, -0.05) is 30.3 Å². The molecule has 0 saturated carbocycles. The van der Waals surface area contributed by atoms with Crippen molar-refractivity contribution in [2.75, 3.05) is 32.7 Å². The number of β-amino-alcohol motifs (C(OH)–C–C–N with tert-alkyl or cyclic N) is 1. The largest absolute Gasteiger partial charge is 0.388 e. The zero-order valence-electron chi connectivity index (χ0n) is 15.3. The monoisotopic (exact) mass is 345 g/mol. The predicted molar refractivity (Wildman–Crippen MR) is 99.6 cm³/mol. The second kappa shape index (κ2) is 8.19. The van der Waals surface area contributed by atoms with Crippen LogP contribution in [0.4, 0.5) is 4.79 Å². The summed E-state index contributed by atoms with van der Waals surface area (Å²) in [5.41, 5.74) is 0.645. The van der Waals surface area contributed by atoms with E-state index in [0.717, 1.165) is 58.3 Å². The van der Waals surface area contributed by atoms with E-state index in [4.69, 9.17) is 0 Å². The second-order valence-electron chi connectivity index (χ2n) is 7.82. The Morgan fingerprint density at radius 1 is 1.24 bits per heavy atom. The van der Waals surface area contributed by atoms with Gasteiger partial charge in [-0.15, -0.1) is 0 Å². The average molecular weight is 345 g/mol. The standard InChI is InChI=1S/C20H31N3O2/c1-20(25)11-5-12-23(16-20)19(24)21-18-9-14-22(15-10-18)13-8-17-6-3-2-4-7-17/h2-4,6-7,18,25H,5,8-16H2,1H3,(H,21,24). The number of carbonyl (C=O) groups excluding carboxylic acids is 1. The average Bonchev–Trinajstić information content (AvgIpc) is 2.61. The van der Waals surface area contributed by atoms with Gasteiger partial charge in [-0.25, -0.2) is 4.79 Å². The summed E-state index contributed by atoms with van der Waals surface area (Å²) in [5.74, 6) is 0. The summed E-state index contributed by atoms with van der Waals surface area (Å²) in [7, 11) is 0. The van der Waals surface area contributed by atoms with Crippen LogP contribution < -0.4 is 5.32 Å². The maximum Gasteiger partial charge on any atom is 0.317 e. The highest BCUT2D eigenvalue weighted by atomic mass is 16.3. The van der Waals surface area contributed by atoms with Crippen molar-refractivity contribution in [1.82, 2.24) is 15.1 Å². The Balaban J connectivity index is 1.38. The molecule has 2 heterocycles. The molecule has 2 N–H and O–H groups in total. The van der Waals surface area contributed by atoms with Crippen LogP contribution in [0.3, 0.4) is 0 Å². The van der Waals surface area contributed by atoms with Gasteiger partial charge >= 0.3 is 6.03 Å². The molecule has 3 rings (SSSR count). The fourth-order valence-electron chi connectivity index (χ4n) is 3.89. The van der Waals surface area contributed by atoms with Gasteiger partial charge in [0, 0.05) is 32.2 Å². The molecule has 2 fully saturated rings. The molecule has 0 aliphatic carbocycles. The first-order valence-electron chi connectivity index (χ1n) is 9.56. The van der Waals surface area contributed by atoms with Gasteiger partial charge in [0.05, 0.1) is 12.1 Å². The Morgan fingerprint density at radius 2 is 1.96 bits per heavy atom. The smallest absolute Gasteiger partial charge is 0.317 e.